The fraction of sp³-hybridized carbons (Fsp3) is 0.387. The number of carbonyl (C=O) groups excluding carboxylic acids is 1. The normalized spacial score (nSPS) is 15.9. The minimum atomic E-state index is -5.63. The molecule has 7 nitrogen and oxygen atoms in total. The molecule has 0 bridgehead atoms. The van der Waals surface area contributed by atoms with Crippen LogP contribution in [0.15, 0.2) is 66.7 Å². The lowest BCUT2D eigenvalue weighted by Crippen LogP contribution is -2.47. The molecule has 1 atom stereocenters. The third kappa shape index (κ3) is 8.91. The molecule has 1 amide bonds. The van der Waals surface area contributed by atoms with E-state index in [0.29, 0.717) is 31.5 Å². The molecule has 1 unspecified atom stereocenters. The highest BCUT2D eigenvalue weighted by atomic mass is 32.2. The molecule has 0 radical (unpaired) electrons. The zero-order valence-corrected chi connectivity index (χ0v) is 25.3. The lowest BCUT2D eigenvalue weighted by Gasteiger charge is -2.38. The van der Waals surface area contributed by atoms with Gasteiger partial charge >= 0.3 is 21.6 Å². The minimum Gasteiger partial charge on any atom is -0.444 e. The Balaban J connectivity index is 1.56. The van der Waals surface area contributed by atoms with E-state index in [1.807, 2.05) is 0 Å². The molecule has 0 saturated heterocycles. The first-order chi connectivity index (χ1) is 20.5. The third-order valence-electron chi connectivity index (χ3n) is 7.06. The maximum Gasteiger partial charge on any atom is 0.516 e. The molecule has 3 aromatic rings. The average molecular weight is 640 g/mol. The van der Waals surface area contributed by atoms with E-state index in [4.69, 9.17) is 4.74 Å². The molecule has 0 aromatic heterocycles. The van der Waals surface area contributed by atoms with Gasteiger partial charge in [-0.3, -0.25) is 9.62 Å². The van der Waals surface area contributed by atoms with Gasteiger partial charge in [-0.1, -0.05) is 30.3 Å². The van der Waals surface area contributed by atoms with Gasteiger partial charge < -0.3 is 9.64 Å². The van der Waals surface area contributed by atoms with E-state index in [-0.39, 0.29) is 36.5 Å². The summed E-state index contributed by atoms with van der Waals surface area (Å²) in [5.74, 6) is -0.696. The van der Waals surface area contributed by atoms with Crippen LogP contribution in [-0.4, -0.2) is 54.6 Å². The molecule has 1 N–H and O–H groups in total. The van der Waals surface area contributed by atoms with Crippen LogP contribution >= 0.6 is 0 Å². The summed E-state index contributed by atoms with van der Waals surface area (Å²) in [6.07, 6.45) is 0.413. The highest BCUT2D eigenvalue weighted by Crippen LogP contribution is 2.28. The Morgan fingerprint density at radius 3 is 2.30 bits per heavy atom. The summed E-state index contributed by atoms with van der Waals surface area (Å²) in [5, 5.41) is 0. The van der Waals surface area contributed by atoms with Crippen molar-refractivity contribution in [2.24, 2.45) is 0 Å². The molecule has 0 aliphatic carbocycles. The number of hydrogen-bond donors (Lipinski definition) is 1. The van der Waals surface area contributed by atoms with Gasteiger partial charge in [0.05, 0.1) is 0 Å². The molecule has 238 valence electrons. The molecule has 4 rings (SSSR count). The van der Waals surface area contributed by atoms with E-state index < -0.39 is 27.2 Å². The second-order valence-corrected chi connectivity index (χ2v) is 13.4. The van der Waals surface area contributed by atoms with Crippen LogP contribution in [0.4, 0.5) is 32.4 Å². The average Bonchev–Trinajstić information content (AvgIpc) is 2.90. The SMILES string of the molecule is CC(C)(C)OC(=O)N(CCN1Cc2ccc(F)cc2CC1Cc1ccc(F)cc1)Cc1cccc(NS(=O)(=O)C(F)(F)F)c1. The maximum absolute atomic E-state index is 14.0. The van der Waals surface area contributed by atoms with Gasteiger partial charge in [0.15, 0.2) is 0 Å². The summed E-state index contributed by atoms with van der Waals surface area (Å²) in [5.41, 5.74) is -3.55. The van der Waals surface area contributed by atoms with E-state index in [0.717, 1.165) is 16.7 Å². The standard InChI is InChI=1S/C31H34F5N3O4S/c1-30(2,3)43-29(40)39(19-22-5-4-6-27(15-22)37-44(41,42)31(34,35)36)14-13-38-20-23-9-12-26(33)17-24(23)18-28(38)16-21-7-10-25(32)11-8-21/h4-12,15,17,28,37H,13-14,16,18-20H2,1-3H3. The van der Waals surface area contributed by atoms with Crippen molar-refractivity contribution in [2.45, 2.75) is 63.9 Å². The van der Waals surface area contributed by atoms with E-state index in [1.165, 1.54) is 52.1 Å². The first kappa shape index (κ1) is 33.2. The van der Waals surface area contributed by atoms with Crippen molar-refractivity contribution in [1.29, 1.82) is 0 Å². The van der Waals surface area contributed by atoms with Crippen LogP contribution in [0, 0.1) is 11.6 Å². The van der Waals surface area contributed by atoms with E-state index in [9.17, 15) is 35.2 Å². The quantitative estimate of drug-likeness (QED) is 0.266. The van der Waals surface area contributed by atoms with Gasteiger partial charge in [0.1, 0.15) is 17.2 Å². The number of hydrogen-bond acceptors (Lipinski definition) is 5. The van der Waals surface area contributed by atoms with Crippen LogP contribution in [0.5, 0.6) is 0 Å². The molecule has 0 saturated carbocycles. The maximum atomic E-state index is 14.0. The molecule has 13 heteroatoms. The topological polar surface area (TPSA) is 79.0 Å². The summed E-state index contributed by atoms with van der Waals surface area (Å²) >= 11 is 0. The fourth-order valence-electron chi connectivity index (χ4n) is 5.00. The smallest absolute Gasteiger partial charge is 0.444 e. The van der Waals surface area contributed by atoms with Gasteiger partial charge in [-0.05, 0) is 92.3 Å². The Morgan fingerprint density at radius 2 is 1.64 bits per heavy atom. The molecule has 3 aromatic carbocycles. The summed E-state index contributed by atoms with van der Waals surface area (Å²) in [6.45, 7) is 6.03. The van der Waals surface area contributed by atoms with Crippen molar-refractivity contribution in [3.63, 3.8) is 0 Å². The highest BCUT2D eigenvalue weighted by molar-refractivity contribution is 7.93. The predicted molar refractivity (Wildman–Crippen MR) is 156 cm³/mol. The van der Waals surface area contributed by atoms with Crippen LogP contribution in [-0.2, 0) is 40.7 Å². The van der Waals surface area contributed by atoms with Crippen molar-refractivity contribution in [3.05, 3.63) is 101 Å². The number of nitrogens with zero attached hydrogens (tertiary/aromatic N) is 2. The first-order valence-electron chi connectivity index (χ1n) is 13.9. The lowest BCUT2D eigenvalue weighted by atomic mass is 9.90. The Bertz CT molecular complexity index is 1570. The molecule has 1 aliphatic rings. The van der Waals surface area contributed by atoms with Crippen molar-refractivity contribution in [2.75, 3.05) is 17.8 Å². The molecule has 1 aliphatic heterocycles. The number of anilines is 1. The van der Waals surface area contributed by atoms with Gasteiger partial charge in [-0.2, -0.15) is 21.6 Å². The summed E-state index contributed by atoms with van der Waals surface area (Å²) in [4.78, 5) is 16.8. The van der Waals surface area contributed by atoms with Gasteiger partial charge in [-0.15, -0.1) is 0 Å². The largest absolute Gasteiger partial charge is 0.516 e. The van der Waals surface area contributed by atoms with Gasteiger partial charge in [0.25, 0.3) is 0 Å². The summed E-state index contributed by atoms with van der Waals surface area (Å²) in [6, 6.07) is 16.0. The lowest BCUT2D eigenvalue weighted by molar-refractivity contribution is -0.0429. The van der Waals surface area contributed by atoms with Gasteiger partial charge in [0, 0.05) is 37.9 Å². The van der Waals surface area contributed by atoms with E-state index in [2.05, 4.69) is 4.90 Å². The van der Waals surface area contributed by atoms with Gasteiger partial charge in [0.2, 0.25) is 0 Å². The predicted octanol–water partition coefficient (Wildman–Crippen LogP) is 6.63. The molecule has 44 heavy (non-hydrogen) atoms. The number of carbonyl (C=O) groups is 1. The fourth-order valence-corrected chi connectivity index (χ4v) is 5.56. The number of amides is 1. The molecular weight excluding hydrogens is 605 g/mol. The number of rotatable bonds is 9. The van der Waals surface area contributed by atoms with Crippen molar-refractivity contribution >= 4 is 21.8 Å². The second kappa shape index (κ2) is 13.1. The number of nitrogens with one attached hydrogen (secondary N) is 1. The molecule has 0 spiro atoms. The number of alkyl halides is 3. The molecule has 0 fully saturated rings. The molecular formula is C31H34F5N3O4S. The third-order valence-corrected chi connectivity index (χ3v) is 8.18. The van der Waals surface area contributed by atoms with Crippen molar-refractivity contribution < 1.29 is 39.9 Å². The number of fused-ring (bicyclic) bond motifs is 1. The number of sulfonamides is 1. The number of halogens is 5. The first-order valence-corrected chi connectivity index (χ1v) is 15.4. The van der Waals surface area contributed by atoms with Crippen molar-refractivity contribution in [1.82, 2.24) is 9.80 Å². The Hall–Kier alpha value is -3.71. The van der Waals surface area contributed by atoms with Crippen LogP contribution in [0.3, 0.4) is 0 Å². The summed E-state index contributed by atoms with van der Waals surface area (Å²) in [7, 11) is -5.63. The van der Waals surface area contributed by atoms with Crippen LogP contribution in [0.1, 0.15) is 43.0 Å². The minimum absolute atomic E-state index is 0.0746. The monoisotopic (exact) mass is 639 g/mol. The van der Waals surface area contributed by atoms with Crippen molar-refractivity contribution in [3.8, 4) is 0 Å². The van der Waals surface area contributed by atoms with Crippen LogP contribution in [0.2, 0.25) is 0 Å². The summed E-state index contributed by atoms with van der Waals surface area (Å²) < 4.78 is 96.7. The van der Waals surface area contributed by atoms with E-state index >= 15 is 0 Å². The zero-order valence-electron chi connectivity index (χ0n) is 24.5. The Labute approximate surface area is 253 Å². The zero-order chi connectivity index (χ0) is 32.3. The Kier molecular flexibility index (Phi) is 9.89. The van der Waals surface area contributed by atoms with Crippen LogP contribution in [0.25, 0.3) is 0 Å². The molecule has 1 heterocycles. The highest BCUT2D eigenvalue weighted by Gasteiger charge is 2.46. The second-order valence-electron chi connectivity index (χ2n) is 11.7. The van der Waals surface area contributed by atoms with E-state index in [1.54, 1.807) is 45.0 Å². The Morgan fingerprint density at radius 1 is 0.955 bits per heavy atom. The number of ether oxygens (including phenoxy) is 1. The van der Waals surface area contributed by atoms with Gasteiger partial charge in [-0.25, -0.2) is 13.6 Å². The number of benzene rings is 3. The van der Waals surface area contributed by atoms with Crippen LogP contribution < -0.4 is 4.72 Å².